The lowest BCUT2D eigenvalue weighted by Gasteiger charge is -2.46. The number of hydrogen-bond donors (Lipinski definition) is 1. The summed E-state index contributed by atoms with van der Waals surface area (Å²) in [7, 11) is 0. The molecule has 3 aliphatic rings. The number of phenols is 1. The minimum Gasteiger partial charge on any atom is -0.507 e. The van der Waals surface area contributed by atoms with E-state index in [2.05, 4.69) is 19.6 Å². The summed E-state index contributed by atoms with van der Waals surface area (Å²) in [5, 5.41) is 10.4. The lowest BCUT2D eigenvalue weighted by Crippen LogP contribution is -2.41. The van der Waals surface area contributed by atoms with E-state index in [9.17, 15) is 9.90 Å². The molecule has 0 saturated carbocycles. The maximum atomic E-state index is 11.9. The van der Waals surface area contributed by atoms with Crippen molar-refractivity contribution in [2.75, 3.05) is 6.61 Å². The average molecular weight is 310 g/mol. The fraction of sp³-hybridized carbons (Fsp3) is 0.450. The SMILES string of the molecule is C=C(C)c1cc2c(cc1O)[C@@]1(C)CCC3=C(COC3=O)[C@@H]1CC2. The summed E-state index contributed by atoms with van der Waals surface area (Å²) in [5.74, 6) is 0.547. The van der Waals surface area contributed by atoms with Gasteiger partial charge in [0.1, 0.15) is 12.4 Å². The van der Waals surface area contributed by atoms with Crippen molar-refractivity contribution >= 4 is 11.5 Å². The van der Waals surface area contributed by atoms with Gasteiger partial charge >= 0.3 is 5.97 Å². The number of cyclic esters (lactones) is 1. The molecule has 120 valence electrons. The molecule has 0 amide bonds. The molecule has 0 unspecified atom stereocenters. The lowest BCUT2D eigenvalue weighted by molar-refractivity contribution is -0.136. The third-order valence-electron chi connectivity index (χ3n) is 6.08. The van der Waals surface area contributed by atoms with Crippen molar-refractivity contribution in [2.45, 2.75) is 44.9 Å². The van der Waals surface area contributed by atoms with Gasteiger partial charge in [0.05, 0.1) is 0 Å². The molecule has 1 aliphatic heterocycles. The van der Waals surface area contributed by atoms with Gasteiger partial charge in [-0.3, -0.25) is 0 Å². The number of carbonyl (C=O) groups excluding carboxylic acids is 1. The van der Waals surface area contributed by atoms with Gasteiger partial charge in [0, 0.05) is 11.1 Å². The second-order valence-corrected chi connectivity index (χ2v) is 7.40. The van der Waals surface area contributed by atoms with Crippen molar-refractivity contribution in [3.63, 3.8) is 0 Å². The Kier molecular flexibility index (Phi) is 2.99. The van der Waals surface area contributed by atoms with Crippen LogP contribution in [0.5, 0.6) is 5.75 Å². The number of fused-ring (bicyclic) bond motifs is 4. The van der Waals surface area contributed by atoms with E-state index in [1.165, 1.54) is 16.7 Å². The molecule has 0 aromatic heterocycles. The largest absolute Gasteiger partial charge is 0.507 e. The van der Waals surface area contributed by atoms with Crippen molar-refractivity contribution in [2.24, 2.45) is 5.92 Å². The molecule has 1 heterocycles. The minimum atomic E-state index is -0.117. The molecular weight excluding hydrogens is 288 g/mol. The fourth-order valence-electron chi connectivity index (χ4n) is 4.79. The fourth-order valence-corrected chi connectivity index (χ4v) is 4.79. The molecule has 0 fully saturated rings. The highest BCUT2D eigenvalue weighted by Gasteiger charge is 2.48. The second-order valence-electron chi connectivity index (χ2n) is 7.40. The molecular formula is C20H22O3. The number of phenolic OH excluding ortho intramolecular Hbond substituents is 1. The topological polar surface area (TPSA) is 46.5 Å². The van der Waals surface area contributed by atoms with Gasteiger partial charge in [-0.05, 0) is 78.3 Å². The quantitative estimate of drug-likeness (QED) is 0.800. The number of hydrogen-bond acceptors (Lipinski definition) is 3. The smallest absolute Gasteiger partial charge is 0.334 e. The first-order chi connectivity index (χ1) is 10.9. The Bertz CT molecular complexity index is 771. The minimum absolute atomic E-state index is 0.0223. The monoisotopic (exact) mass is 310 g/mol. The summed E-state index contributed by atoms with van der Waals surface area (Å²) >= 11 is 0. The molecule has 23 heavy (non-hydrogen) atoms. The second kappa shape index (κ2) is 4.73. The number of carbonyl (C=O) groups is 1. The third kappa shape index (κ3) is 1.92. The van der Waals surface area contributed by atoms with Crippen molar-refractivity contribution in [1.29, 1.82) is 0 Å². The van der Waals surface area contributed by atoms with Gasteiger partial charge in [0.25, 0.3) is 0 Å². The molecule has 0 saturated heterocycles. The third-order valence-corrected chi connectivity index (χ3v) is 6.08. The molecule has 1 aromatic rings. The summed E-state index contributed by atoms with van der Waals surface area (Å²) in [6.45, 7) is 8.63. The summed E-state index contributed by atoms with van der Waals surface area (Å²) in [6, 6.07) is 4.04. The standard InChI is InChI=1S/C20H22O3/c1-11(2)14-8-12-4-5-16-15-10-23-19(22)13(15)6-7-20(16,3)17(12)9-18(14)21/h8-9,16,21H,1,4-7,10H2,2-3H3/t16-,20-/m0/s1. The van der Waals surface area contributed by atoms with E-state index in [0.29, 0.717) is 18.3 Å². The summed E-state index contributed by atoms with van der Waals surface area (Å²) < 4.78 is 5.28. The zero-order valence-corrected chi connectivity index (χ0v) is 13.7. The Morgan fingerprint density at radius 1 is 1.39 bits per heavy atom. The Morgan fingerprint density at radius 3 is 2.91 bits per heavy atom. The molecule has 3 heteroatoms. The van der Waals surface area contributed by atoms with Crippen LogP contribution in [0, 0.1) is 5.92 Å². The van der Waals surface area contributed by atoms with Crippen LogP contribution in [0.25, 0.3) is 5.57 Å². The summed E-state index contributed by atoms with van der Waals surface area (Å²) in [5.41, 5.74) is 6.39. The molecule has 0 spiro atoms. The van der Waals surface area contributed by atoms with Crippen LogP contribution in [0.2, 0.25) is 0 Å². The number of ether oxygens (including phenoxy) is 1. The first-order valence-electron chi connectivity index (χ1n) is 8.33. The molecule has 1 N–H and O–H groups in total. The Hall–Kier alpha value is -2.03. The van der Waals surface area contributed by atoms with Crippen LogP contribution in [-0.2, 0) is 21.4 Å². The van der Waals surface area contributed by atoms with E-state index in [-0.39, 0.29) is 11.4 Å². The van der Waals surface area contributed by atoms with E-state index in [0.717, 1.165) is 42.4 Å². The van der Waals surface area contributed by atoms with E-state index in [1.807, 2.05) is 13.0 Å². The van der Waals surface area contributed by atoms with Crippen LogP contribution in [0.3, 0.4) is 0 Å². The molecule has 1 aromatic carbocycles. The normalized spacial score (nSPS) is 28.8. The summed E-state index contributed by atoms with van der Waals surface area (Å²) in [6.07, 6.45) is 3.73. The number of allylic oxidation sites excluding steroid dienone is 1. The van der Waals surface area contributed by atoms with Crippen LogP contribution in [-0.4, -0.2) is 17.7 Å². The number of benzene rings is 1. The predicted molar refractivity (Wildman–Crippen MR) is 89.2 cm³/mol. The number of rotatable bonds is 1. The first kappa shape index (κ1) is 14.6. The molecule has 4 rings (SSSR count). The predicted octanol–water partition coefficient (Wildman–Crippen LogP) is 3.89. The van der Waals surface area contributed by atoms with E-state index < -0.39 is 0 Å². The highest BCUT2D eigenvalue weighted by Crippen LogP contribution is 2.54. The number of aryl methyl sites for hydroxylation is 1. The van der Waals surface area contributed by atoms with Gasteiger partial charge in [-0.25, -0.2) is 4.79 Å². The molecule has 3 nitrogen and oxygen atoms in total. The van der Waals surface area contributed by atoms with Crippen LogP contribution in [0.1, 0.15) is 49.8 Å². The zero-order chi connectivity index (χ0) is 16.4. The zero-order valence-electron chi connectivity index (χ0n) is 13.7. The van der Waals surface area contributed by atoms with Gasteiger partial charge in [0.15, 0.2) is 0 Å². The van der Waals surface area contributed by atoms with E-state index in [4.69, 9.17) is 4.74 Å². The van der Waals surface area contributed by atoms with Gasteiger partial charge in [-0.15, -0.1) is 0 Å². The Balaban J connectivity index is 1.84. The van der Waals surface area contributed by atoms with Crippen LogP contribution >= 0.6 is 0 Å². The van der Waals surface area contributed by atoms with E-state index in [1.54, 1.807) is 0 Å². The Morgan fingerprint density at radius 2 is 2.17 bits per heavy atom. The van der Waals surface area contributed by atoms with Crippen LogP contribution in [0.4, 0.5) is 0 Å². The number of aromatic hydroxyl groups is 1. The maximum absolute atomic E-state index is 11.9. The van der Waals surface area contributed by atoms with Crippen molar-refractivity contribution in [3.05, 3.63) is 46.5 Å². The van der Waals surface area contributed by atoms with Crippen molar-refractivity contribution < 1.29 is 14.6 Å². The van der Waals surface area contributed by atoms with E-state index >= 15 is 0 Å². The average Bonchev–Trinajstić information content (AvgIpc) is 2.88. The number of esters is 1. The maximum Gasteiger partial charge on any atom is 0.334 e. The van der Waals surface area contributed by atoms with Crippen molar-refractivity contribution in [1.82, 2.24) is 0 Å². The molecule has 2 aliphatic carbocycles. The van der Waals surface area contributed by atoms with Gasteiger partial charge in [-0.1, -0.05) is 13.5 Å². The van der Waals surface area contributed by atoms with Gasteiger partial charge < -0.3 is 9.84 Å². The summed E-state index contributed by atoms with van der Waals surface area (Å²) in [4.78, 5) is 11.9. The lowest BCUT2D eigenvalue weighted by atomic mass is 9.57. The molecule has 0 radical (unpaired) electrons. The molecule has 0 bridgehead atoms. The Labute approximate surface area is 136 Å². The van der Waals surface area contributed by atoms with Gasteiger partial charge in [-0.2, -0.15) is 0 Å². The van der Waals surface area contributed by atoms with Gasteiger partial charge in [0.2, 0.25) is 0 Å². The highest BCUT2D eigenvalue weighted by molar-refractivity contribution is 5.92. The van der Waals surface area contributed by atoms with Crippen LogP contribution < -0.4 is 0 Å². The van der Waals surface area contributed by atoms with Crippen molar-refractivity contribution in [3.8, 4) is 5.75 Å². The first-order valence-corrected chi connectivity index (χ1v) is 8.33. The molecule has 2 atom stereocenters. The highest BCUT2D eigenvalue weighted by atomic mass is 16.5. The van der Waals surface area contributed by atoms with Crippen LogP contribution in [0.15, 0.2) is 29.9 Å².